The van der Waals surface area contributed by atoms with Crippen molar-refractivity contribution in [2.45, 2.75) is 39.3 Å². The molecule has 0 spiro atoms. The van der Waals surface area contributed by atoms with Gasteiger partial charge in [0, 0.05) is 19.0 Å². The SMILES string of the molecule is COCCN(Cc1csc(COc2ccccc2C(C)C)n1)C(=O)Cc1ccccc1. The molecule has 0 saturated heterocycles. The number of methoxy groups -OCH3 is 1. The van der Waals surface area contributed by atoms with Crippen LogP contribution in [0.25, 0.3) is 0 Å². The van der Waals surface area contributed by atoms with Crippen LogP contribution in [0.5, 0.6) is 5.75 Å². The number of nitrogens with zero attached hydrogens (tertiary/aromatic N) is 2. The van der Waals surface area contributed by atoms with Crippen LogP contribution in [-0.2, 0) is 29.1 Å². The first kappa shape index (κ1) is 23.0. The van der Waals surface area contributed by atoms with E-state index in [9.17, 15) is 4.79 Å². The number of thiazole rings is 1. The van der Waals surface area contributed by atoms with Crippen LogP contribution in [-0.4, -0.2) is 36.1 Å². The van der Waals surface area contributed by atoms with Gasteiger partial charge in [-0.1, -0.05) is 62.4 Å². The number of rotatable bonds is 11. The van der Waals surface area contributed by atoms with Crippen LogP contribution in [0.3, 0.4) is 0 Å². The van der Waals surface area contributed by atoms with Crippen molar-refractivity contribution >= 4 is 17.2 Å². The lowest BCUT2D eigenvalue weighted by Crippen LogP contribution is -2.34. The normalized spacial score (nSPS) is 11.0. The summed E-state index contributed by atoms with van der Waals surface area (Å²) in [5, 5.41) is 2.90. The van der Waals surface area contributed by atoms with E-state index in [-0.39, 0.29) is 5.91 Å². The fourth-order valence-corrected chi connectivity index (χ4v) is 3.98. The summed E-state index contributed by atoms with van der Waals surface area (Å²) >= 11 is 1.56. The van der Waals surface area contributed by atoms with Gasteiger partial charge >= 0.3 is 0 Å². The molecule has 0 atom stereocenters. The number of amides is 1. The van der Waals surface area contributed by atoms with Gasteiger partial charge in [-0.15, -0.1) is 11.3 Å². The summed E-state index contributed by atoms with van der Waals surface area (Å²) in [7, 11) is 1.65. The zero-order valence-corrected chi connectivity index (χ0v) is 19.2. The second-order valence-corrected chi connectivity index (χ2v) is 8.63. The average Bonchev–Trinajstić information content (AvgIpc) is 3.23. The highest BCUT2D eigenvalue weighted by molar-refractivity contribution is 7.09. The average molecular weight is 439 g/mol. The summed E-state index contributed by atoms with van der Waals surface area (Å²) in [6.45, 7) is 6.23. The van der Waals surface area contributed by atoms with Gasteiger partial charge in [-0.2, -0.15) is 0 Å². The van der Waals surface area contributed by atoms with Crippen molar-refractivity contribution in [2.75, 3.05) is 20.3 Å². The standard InChI is InChI=1S/C25H30N2O3S/c1-19(2)22-11-7-8-12-23(22)30-17-24-26-21(18-31-24)16-27(13-14-29-3)25(28)15-20-9-5-4-6-10-20/h4-12,18-19H,13-17H2,1-3H3. The van der Waals surface area contributed by atoms with Gasteiger partial charge in [-0.3, -0.25) is 4.79 Å². The maximum Gasteiger partial charge on any atom is 0.227 e. The van der Waals surface area contributed by atoms with Crippen molar-refractivity contribution < 1.29 is 14.3 Å². The van der Waals surface area contributed by atoms with Gasteiger partial charge in [0.25, 0.3) is 0 Å². The van der Waals surface area contributed by atoms with E-state index >= 15 is 0 Å². The number of para-hydroxylation sites is 1. The Labute approximate surface area is 188 Å². The molecule has 5 nitrogen and oxygen atoms in total. The molecule has 1 heterocycles. The summed E-state index contributed by atoms with van der Waals surface area (Å²) in [4.78, 5) is 19.4. The maximum absolute atomic E-state index is 12.9. The third-order valence-corrected chi connectivity index (χ3v) is 5.83. The van der Waals surface area contributed by atoms with Crippen LogP contribution < -0.4 is 4.74 Å². The number of carbonyl (C=O) groups is 1. The molecule has 2 aromatic carbocycles. The molecule has 0 aliphatic heterocycles. The lowest BCUT2D eigenvalue weighted by molar-refractivity contribution is -0.131. The molecule has 0 unspecified atom stereocenters. The predicted octanol–water partition coefficient (Wildman–Crippen LogP) is 5.06. The Morgan fingerprint density at radius 2 is 1.84 bits per heavy atom. The molecule has 0 N–H and O–H groups in total. The summed E-state index contributed by atoms with van der Waals surface area (Å²) < 4.78 is 11.2. The van der Waals surface area contributed by atoms with Gasteiger partial charge in [-0.25, -0.2) is 4.98 Å². The molecular weight excluding hydrogens is 408 g/mol. The van der Waals surface area contributed by atoms with Crippen LogP contribution in [0.2, 0.25) is 0 Å². The van der Waals surface area contributed by atoms with Gasteiger partial charge in [-0.05, 0) is 23.1 Å². The van der Waals surface area contributed by atoms with E-state index in [4.69, 9.17) is 14.5 Å². The number of benzene rings is 2. The Kier molecular flexibility index (Phi) is 8.62. The highest BCUT2D eigenvalue weighted by atomic mass is 32.1. The highest BCUT2D eigenvalue weighted by Crippen LogP contribution is 2.27. The maximum atomic E-state index is 12.9. The van der Waals surface area contributed by atoms with Gasteiger partial charge in [0.2, 0.25) is 5.91 Å². The van der Waals surface area contributed by atoms with Crippen molar-refractivity contribution in [3.63, 3.8) is 0 Å². The van der Waals surface area contributed by atoms with Crippen LogP contribution in [0.15, 0.2) is 60.0 Å². The minimum absolute atomic E-state index is 0.0694. The van der Waals surface area contributed by atoms with Crippen LogP contribution in [0, 0.1) is 0 Å². The van der Waals surface area contributed by atoms with Gasteiger partial charge in [0.1, 0.15) is 17.4 Å². The molecule has 0 bridgehead atoms. The van der Waals surface area contributed by atoms with E-state index in [1.807, 2.05) is 58.8 Å². The first-order chi connectivity index (χ1) is 15.1. The second kappa shape index (κ2) is 11.6. The topological polar surface area (TPSA) is 51.7 Å². The molecule has 31 heavy (non-hydrogen) atoms. The molecule has 0 fully saturated rings. The Morgan fingerprint density at radius 3 is 2.58 bits per heavy atom. The Morgan fingerprint density at radius 1 is 1.10 bits per heavy atom. The fourth-order valence-electron chi connectivity index (χ4n) is 3.29. The molecule has 3 rings (SSSR count). The predicted molar refractivity (Wildman–Crippen MR) is 124 cm³/mol. The van der Waals surface area contributed by atoms with Crippen LogP contribution >= 0.6 is 11.3 Å². The third kappa shape index (κ3) is 6.91. The molecule has 0 saturated carbocycles. The molecular formula is C25H30N2O3S. The van der Waals surface area contributed by atoms with E-state index < -0.39 is 0 Å². The summed E-state index contributed by atoms with van der Waals surface area (Å²) in [5.74, 6) is 1.36. The smallest absolute Gasteiger partial charge is 0.227 e. The molecule has 1 aromatic heterocycles. The second-order valence-electron chi connectivity index (χ2n) is 7.68. The number of carbonyl (C=O) groups excluding carboxylic acids is 1. The molecule has 3 aromatic rings. The molecule has 0 aliphatic carbocycles. The number of aromatic nitrogens is 1. The van der Waals surface area contributed by atoms with Crippen LogP contribution in [0.1, 0.15) is 41.6 Å². The summed E-state index contributed by atoms with van der Waals surface area (Å²) in [5.41, 5.74) is 3.07. The van der Waals surface area contributed by atoms with Crippen molar-refractivity contribution in [1.29, 1.82) is 0 Å². The number of hydrogen-bond donors (Lipinski definition) is 0. The van der Waals surface area contributed by atoms with Crippen molar-refractivity contribution in [2.24, 2.45) is 0 Å². The van der Waals surface area contributed by atoms with Crippen molar-refractivity contribution in [3.05, 3.63) is 81.8 Å². The highest BCUT2D eigenvalue weighted by Gasteiger charge is 2.16. The van der Waals surface area contributed by atoms with Crippen molar-refractivity contribution in [3.8, 4) is 5.75 Å². The van der Waals surface area contributed by atoms with Gasteiger partial charge in [0.05, 0.1) is 25.3 Å². The van der Waals surface area contributed by atoms with E-state index in [0.717, 1.165) is 22.0 Å². The fraction of sp³-hybridized carbons (Fsp3) is 0.360. The molecule has 0 aliphatic rings. The number of hydrogen-bond acceptors (Lipinski definition) is 5. The van der Waals surface area contributed by atoms with E-state index in [0.29, 0.717) is 38.6 Å². The van der Waals surface area contributed by atoms with Gasteiger partial charge in [0.15, 0.2) is 0 Å². The third-order valence-electron chi connectivity index (χ3n) is 4.96. The van der Waals surface area contributed by atoms with E-state index in [1.54, 1.807) is 18.4 Å². The lowest BCUT2D eigenvalue weighted by Gasteiger charge is -2.21. The zero-order chi connectivity index (χ0) is 22.1. The lowest BCUT2D eigenvalue weighted by atomic mass is 10.0. The Hall–Kier alpha value is -2.70. The molecule has 6 heteroatoms. The molecule has 1 amide bonds. The first-order valence-corrected chi connectivity index (χ1v) is 11.4. The first-order valence-electron chi connectivity index (χ1n) is 10.5. The zero-order valence-electron chi connectivity index (χ0n) is 18.4. The quantitative estimate of drug-likeness (QED) is 0.420. The van der Waals surface area contributed by atoms with Gasteiger partial charge < -0.3 is 14.4 Å². The van der Waals surface area contributed by atoms with Crippen molar-refractivity contribution in [1.82, 2.24) is 9.88 Å². The minimum Gasteiger partial charge on any atom is -0.486 e. The Bertz CT molecular complexity index is 956. The minimum atomic E-state index is 0.0694. The summed E-state index contributed by atoms with van der Waals surface area (Å²) in [6.07, 6.45) is 0.372. The van der Waals surface area contributed by atoms with E-state index in [1.165, 1.54) is 5.56 Å². The van der Waals surface area contributed by atoms with E-state index in [2.05, 4.69) is 19.9 Å². The summed E-state index contributed by atoms with van der Waals surface area (Å²) in [6, 6.07) is 17.9. The largest absolute Gasteiger partial charge is 0.486 e. The number of ether oxygens (including phenoxy) is 2. The monoisotopic (exact) mass is 438 g/mol. The molecule has 0 radical (unpaired) electrons. The Balaban J connectivity index is 1.62. The molecule has 164 valence electrons. The van der Waals surface area contributed by atoms with Crippen LogP contribution in [0.4, 0.5) is 0 Å².